The Labute approximate surface area is 115 Å². The van der Waals surface area contributed by atoms with Gasteiger partial charge in [-0.2, -0.15) is 0 Å². The third kappa shape index (κ3) is 2.49. The van der Waals surface area contributed by atoms with E-state index >= 15 is 0 Å². The molecule has 1 aliphatic carbocycles. The van der Waals surface area contributed by atoms with Crippen LogP contribution in [0, 0.1) is 11.8 Å². The highest BCUT2D eigenvalue weighted by Gasteiger charge is 2.44. The van der Waals surface area contributed by atoms with Crippen molar-refractivity contribution in [2.45, 2.75) is 65.0 Å². The van der Waals surface area contributed by atoms with Crippen molar-refractivity contribution < 1.29 is 9.59 Å². The maximum absolute atomic E-state index is 12.8. The average Bonchev–Trinajstić information content (AvgIpc) is 2.64. The summed E-state index contributed by atoms with van der Waals surface area (Å²) < 4.78 is 0. The number of carbonyl (C=O) groups is 2. The van der Waals surface area contributed by atoms with Crippen LogP contribution in [0.1, 0.15) is 53.4 Å². The van der Waals surface area contributed by atoms with Gasteiger partial charge >= 0.3 is 0 Å². The van der Waals surface area contributed by atoms with Crippen LogP contribution in [0.25, 0.3) is 0 Å². The zero-order chi connectivity index (χ0) is 14.2. The van der Waals surface area contributed by atoms with Gasteiger partial charge < -0.3 is 10.2 Å². The van der Waals surface area contributed by atoms with Crippen LogP contribution in [0.4, 0.5) is 0 Å². The van der Waals surface area contributed by atoms with E-state index in [0.29, 0.717) is 37.3 Å². The van der Waals surface area contributed by atoms with Crippen molar-refractivity contribution in [3.8, 4) is 0 Å². The number of nitrogens with zero attached hydrogens (tertiary/aromatic N) is 1. The number of amides is 2. The molecule has 0 aromatic heterocycles. The molecular formula is C15H26N2O2. The monoisotopic (exact) mass is 266 g/mol. The summed E-state index contributed by atoms with van der Waals surface area (Å²) in [7, 11) is 0. The molecule has 1 saturated carbocycles. The Bertz CT molecular complexity index is 382. The van der Waals surface area contributed by atoms with Crippen LogP contribution < -0.4 is 5.32 Å². The zero-order valence-corrected chi connectivity index (χ0v) is 12.5. The molecule has 19 heavy (non-hydrogen) atoms. The summed E-state index contributed by atoms with van der Waals surface area (Å²) in [5, 5.41) is 2.90. The summed E-state index contributed by atoms with van der Waals surface area (Å²) in [4.78, 5) is 26.6. The Morgan fingerprint density at radius 2 is 2.00 bits per heavy atom. The molecule has 1 aliphatic heterocycles. The molecule has 4 nitrogen and oxygen atoms in total. The van der Waals surface area contributed by atoms with Gasteiger partial charge in [0.1, 0.15) is 5.54 Å². The predicted octanol–water partition coefficient (Wildman–Crippen LogP) is 1.94. The summed E-state index contributed by atoms with van der Waals surface area (Å²) in [6, 6.07) is 0.307. The fourth-order valence-electron chi connectivity index (χ4n) is 3.40. The molecule has 2 fully saturated rings. The number of hydrogen-bond donors (Lipinski definition) is 1. The molecule has 1 heterocycles. The zero-order valence-electron chi connectivity index (χ0n) is 12.5. The van der Waals surface area contributed by atoms with Gasteiger partial charge in [0.25, 0.3) is 0 Å². The highest BCUT2D eigenvalue weighted by molar-refractivity contribution is 5.93. The molecule has 1 saturated heterocycles. The van der Waals surface area contributed by atoms with Gasteiger partial charge in [0.2, 0.25) is 11.8 Å². The van der Waals surface area contributed by atoms with Gasteiger partial charge in [-0.3, -0.25) is 9.59 Å². The Morgan fingerprint density at radius 1 is 1.32 bits per heavy atom. The fraction of sp³-hybridized carbons (Fsp3) is 0.867. The second-order valence-corrected chi connectivity index (χ2v) is 6.46. The summed E-state index contributed by atoms with van der Waals surface area (Å²) >= 11 is 0. The van der Waals surface area contributed by atoms with Crippen LogP contribution in [0.2, 0.25) is 0 Å². The Hall–Kier alpha value is -1.06. The second-order valence-electron chi connectivity index (χ2n) is 6.46. The molecule has 0 radical (unpaired) electrons. The quantitative estimate of drug-likeness (QED) is 0.830. The lowest BCUT2D eigenvalue weighted by Crippen LogP contribution is -2.57. The van der Waals surface area contributed by atoms with Gasteiger partial charge in [-0.1, -0.05) is 20.8 Å². The molecule has 4 atom stereocenters. The first kappa shape index (κ1) is 14.4. The minimum absolute atomic E-state index is 0.00102. The molecule has 4 heteroatoms. The summed E-state index contributed by atoms with van der Waals surface area (Å²) in [6.07, 6.45) is 3.32. The topological polar surface area (TPSA) is 49.4 Å². The van der Waals surface area contributed by atoms with E-state index in [0.717, 1.165) is 6.42 Å². The number of hydrogen-bond acceptors (Lipinski definition) is 2. The lowest BCUT2D eigenvalue weighted by Gasteiger charge is -2.37. The third-order valence-corrected chi connectivity index (χ3v) is 5.26. The molecule has 2 rings (SSSR count). The van der Waals surface area contributed by atoms with Gasteiger partial charge in [0, 0.05) is 19.0 Å². The first-order valence-corrected chi connectivity index (χ1v) is 7.51. The maximum atomic E-state index is 12.8. The summed E-state index contributed by atoms with van der Waals surface area (Å²) in [6.45, 7) is 8.88. The van der Waals surface area contributed by atoms with Gasteiger partial charge in [-0.25, -0.2) is 0 Å². The summed E-state index contributed by atoms with van der Waals surface area (Å²) in [5.41, 5.74) is -0.723. The van der Waals surface area contributed by atoms with E-state index in [2.05, 4.69) is 19.2 Å². The molecule has 4 unspecified atom stereocenters. The van der Waals surface area contributed by atoms with Crippen LogP contribution in [-0.4, -0.2) is 34.8 Å². The molecule has 0 aromatic carbocycles. The van der Waals surface area contributed by atoms with Crippen LogP contribution in [0.3, 0.4) is 0 Å². The van der Waals surface area contributed by atoms with Gasteiger partial charge in [0.05, 0.1) is 0 Å². The standard InChI is InChI=1S/C15H26N2O2/c1-5-15(4)14(19)17(9-8-13(18)16-15)12-7-6-10(2)11(12)3/h10-12H,5-9H2,1-4H3,(H,16,18). The minimum Gasteiger partial charge on any atom is -0.342 e. The van der Waals surface area contributed by atoms with E-state index in [1.807, 2.05) is 18.7 Å². The Morgan fingerprint density at radius 3 is 2.53 bits per heavy atom. The van der Waals surface area contributed by atoms with Crippen molar-refractivity contribution in [3.63, 3.8) is 0 Å². The first-order valence-electron chi connectivity index (χ1n) is 7.51. The molecular weight excluding hydrogens is 240 g/mol. The maximum Gasteiger partial charge on any atom is 0.248 e. The molecule has 0 bridgehead atoms. The molecule has 0 spiro atoms. The largest absolute Gasteiger partial charge is 0.342 e. The van der Waals surface area contributed by atoms with Crippen molar-refractivity contribution in [3.05, 3.63) is 0 Å². The highest BCUT2D eigenvalue weighted by Crippen LogP contribution is 2.36. The average molecular weight is 266 g/mol. The lowest BCUT2D eigenvalue weighted by atomic mass is 9.93. The van der Waals surface area contributed by atoms with Gasteiger partial charge in [-0.15, -0.1) is 0 Å². The Kier molecular flexibility index (Phi) is 3.88. The van der Waals surface area contributed by atoms with E-state index in [1.165, 1.54) is 6.42 Å². The predicted molar refractivity (Wildman–Crippen MR) is 74.5 cm³/mol. The number of nitrogens with one attached hydrogen (secondary N) is 1. The van der Waals surface area contributed by atoms with E-state index in [1.54, 1.807) is 0 Å². The van der Waals surface area contributed by atoms with Crippen molar-refractivity contribution in [2.75, 3.05) is 6.54 Å². The van der Waals surface area contributed by atoms with Crippen LogP contribution in [0.15, 0.2) is 0 Å². The number of rotatable bonds is 2. The van der Waals surface area contributed by atoms with Gasteiger partial charge in [0.15, 0.2) is 0 Å². The van der Waals surface area contributed by atoms with Gasteiger partial charge in [-0.05, 0) is 38.0 Å². The minimum atomic E-state index is -0.723. The van der Waals surface area contributed by atoms with Crippen LogP contribution >= 0.6 is 0 Å². The number of carbonyl (C=O) groups excluding carboxylic acids is 2. The third-order valence-electron chi connectivity index (χ3n) is 5.26. The SMILES string of the molecule is CCC1(C)NC(=O)CCN(C2CCC(C)C2C)C1=O. The molecule has 1 N–H and O–H groups in total. The van der Waals surface area contributed by atoms with Crippen molar-refractivity contribution in [1.29, 1.82) is 0 Å². The lowest BCUT2D eigenvalue weighted by molar-refractivity contribution is -0.141. The molecule has 108 valence electrons. The van der Waals surface area contributed by atoms with Crippen molar-refractivity contribution in [2.24, 2.45) is 11.8 Å². The molecule has 2 amide bonds. The molecule has 2 aliphatic rings. The van der Waals surface area contributed by atoms with E-state index in [4.69, 9.17) is 0 Å². The normalized spacial score (nSPS) is 40.2. The van der Waals surface area contributed by atoms with Crippen molar-refractivity contribution in [1.82, 2.24) is 10.2 Å². The van der Waals surface area contributed by atoms with E-state index < -0.39 is 5.54 Å². The van der Waals surface area contributed by atoms with Crippen LogP contribution in [0.5, 0.6) is 0 Å². The van der Waals surface area contributed by atoms with E-state index in [-0.39, 0.29) is 11.8 Å². The highest BCUT2D eigenvalue weighted by atomic mass is 16.2. The smallest absolute Gasteiger partial charge is 0.248 e. The first-order chi connectivity index (χ1) is 8.89. The fourth-order valence-corrected chi connectivity index (χ4v) is 3.40. The molecule has 0 aromatic rings. The Balaban J connectivity index is 2.24. The van der Waals surface area contributed by atoms with E-state index in [9.17, 15) is 9.59 Å². The second kappa shape index (κ2) is 5.14. The summed E-state index contributed by atoms with van der Waals surface area (Å²) in [5.74, 6) is 1.29. The van der Waals surface area contributed by atoms with Crippen molar-refractivity contribution >= 4 is 11.8 Å². The van der Waals surface area contributed by atoms with Crippen LogP contribution in [-0.2, 0) is 9.59 Å².